The first kappa shape index (κ1) is 18.1. The lowest BCUT2D eigenvalue weighted by Gasteiger charge is -2.07. The Kier molecular flexibility index (Phi) is 9.21. The number of aromatic nitrogens is 3. The molecule has 0 spiro atoms. The van der Waals surface area contributed by atoms with Gasteiger partial charge in [0.25, 0.3) is 0 Å². The normalized spacial score (nSPS) is 11.7. The SMILES string of the molecule is CC(C)CCOCCn1cc(COCCOC(C)C)nn1. The quantitative estimate of drug-likeness (QED) is 0.554. The summed E-state index contributed by atoms with van der Waals surface area (Å²) < 4.78 is 18.2. The Bertz CT molecular complexity index is 334. The Labute approximate surface area is 127 Å². The smallest absolute Gasteiger partial charge is 0.108 e. The van der Waals surface area contributed by atoms with Gasteiger partial charge in [-0.15, -0.1) is 5.10 Å². The summed E-state index contributed by atoms with van der Waals surface area (Å²) in [6.45, 7) is 12.2. The Morgan fingerprint density at radius 1 is 1.05 bits per heavy atom. The molecule has 0 radical (unpaired) electrons. The predicted octanol–water partition coefficient (Wildman–Crippen LogP) is 2.28. The average Bonchev–Trinajstić information content (AvgIpc) is 2.85. The van der Waals surface area contributed by atoms with E-state index in [1.54, 1.807) is 4.68 Å². The molecule has 21 heavy (non-hydrogen) atoms. The molecule has 0 N–H and O–H groups in total. The van der Waals surface area contributed by atoms with E-state index in [9.17, 15) is 0 Å². The van der Waals surface area contributed by atoms with Crippen molar-refractivity contribution in [3.63, 3.8) is 0 Å². The number of ether oxygens (including phenoxy) is 3. The summed E-state index contributed by atoms with van der Waals surface area (Å²) in [5, 5.41) is 8.12. The number of rotatable bonds is 12. The highest BCUT2D eigenvalue weighted by molar-refractivity contribution is 4.89. The lowest BCUT2D eigenvalue weighted by atomic mass is 10.1. The lowest BCUT2D eigenvalue weighted by molar-refractivity contribution is 0.0135. The third-order valence-electron chi connectivity index (χ3n) is 2.82. The Morgan fingerprint density at radius 2 is 1.86 bits per heavy atom. The van der Waals surface area contributed by atoms with Crippen LogP contribution >= 0.6 is 0 Å². The minimum atomic E-state index is 0.241. The lowest BCUT2D eigenvalue weighted by Crippen LogP contribution is -2.09. The largest absolute Gasteiger partial charge is 0.380 e. The summed E-state index contributed by atoms with van der Waals surface area (Å²) >= 11 is 0. The second kappa shape index (κ2) is 10.7. The minimum Gasteiger partial charge on any atom is -0.380 e. The van der Waals surface area contributed by atoms with Gasteiger partial charge < -0.3 is 14.2 Å². The molecular weight excluding hydrogens is 270 g/mol. The van der Waals surface area contributed by atoms with Crippen LogP contribution in [0.15, 0.2) is 6.20 Å². The van der Waals surface area contributed by atoms with Crippen LogP contribution in [0.4, 0.5) is 0 Å². The summed E-state index contributed by atoms with van der Waals surface area (Å²) in [6.07, 6.45) is 3.23. The summed E-state index contributed by atoms with van der Waals surface area (Å²) in [4.78, 5) is 0. The van der Waals surface area contributed by atoms with Gasteiger partial charge in [-0.05, 0) is 26.2 Å². The van der Waals surface area contributed by atoms with Gasteiger partial charge in [-0.1, -0.05) is 19.1 Å². The van der Waals surface area contributed by atoms with Crippen molar-refractivity contribution in [2.45, 2.75) is 53.4 Å². The molecule has 0 bridgehead atoms. The van der Waals surface area contributed by atoms with Gasteiger partial charge in [0, 0.05) is 6.61 Å². The van der Waals surface area contributed by atoms with E-state index >= 15 is 0 Å². The molecule has 0 aromatic carbocycles. The van der Waals surface area contributed by atoms with Crippen LogP contribution in [0, 0.1) is 5.92 Å². The van der Waals surface area contributed by atoms with Crippen LogP contribution in [0.5, 0.6) is 0 Å². The fourth-order valence-corrected chi connectivity index (χ4v) is 1.61. The monoisotopic (exact) mass is 299 g/mol. The first-order valence-corrected chi connectivity index (χ1v) is 7.74. The highest BCUT2D eigenvalue weighted by Gasteiger charge is 2.02. The molecule has 0 amide bonds. The molecule has 122 valence electrons. The van der Waals surface area contributed by atoms with E-state index in [-0.39, 0.29) is 6.10 Å². The van der Waals surface area contributed by atoms with Crippen molar-refractivity contribution in [1.29, 1.82) is 0 Å². The predicted molar refractivity (Wildman–Crippen MR) is 81.0 cm³/mol. The highest BCUT2D eigenvalue weighted by atomic mass is 16.5. The molecule has 0 aliphatic carbocycles. The molecule has 1 heterocycles. The zero-order chi connectivity index (χ0) is 15.5. The first-order chi connectivity index (χ1) is 10.1. The maximum atomic E-state index is 5.56. The molecule has 0 aliphatic heterocycles. The van der Waals surface area contributed by atoms with Gasteiger partial charge in [0.05, 0.1) is 45.3 Å². The van der Waals surface area contributed by atoms with Crippen LogP contribution < -0.4 is 0 Å². The fraction of sp³-hybridized carbons (Fsp3) is 0.867. The molecule has 6 heteroatoms. The number of hydrogen-bond acceptors (Lipinski definition) is 5. The van der Waals surface area contributed by atoms with Crippen LogP contribution in [0.1, 0.15) is 39.8 Å². The van der Waals surface area contributed by atoms with Crippen molar-refractivity contribution in [3.8, 4) is 0 Å². The van der Waals surface area contributed by atoms with Crippen LogP contribution in [-0.4, -0.2) is 47.5 Å². The maximum absolute atomic E-state index is 5.56. The van der Waals surface area contributed by atoms with Crippen LogP contribution in [0.25, 0.3) is 0 Å². The highest BCUT2D eigenvalue weighted by Crippen LogP contribution is 2.00. The van der Waals surface area contributed by atoms with Crippen molar-refractivity contribution in [2.24, 2.45) is 5.92 Å². The second-order valence-electron chi connectivity index (χ2n) is 5.74. The van der Waals surface area contributed by atoms with Crippen molar-refractivity contribution in [2.75, 3.05) is 26.4 Å². The van der Waals surface area contributed by atoms with Gasteiger partial charge in [0.15, 0.2) is 0 Å². The van der Waals surface area contributed by atoms with Gasteiger partial charge in [-0.3, -0.25) is 0 Å². The second-order valence-corrected chi connectivity index (χ2v) is 5.74. The van der Waals surface area contributed by atoms with Crippen LogP contribution in [0.2, 0.25) is 0 Å². The molecule has 0 saturated carbocycles. The summed E-state index contributed by atoms with van der Waals surface area (Å²) in [7, 11) is 0. The van der Waals surface area contributed by atoms with Crippen LogP contribution in [0.3, 0.4) is 0 Å². The third-order valence-corrected chi connectivity index (χ3v) is 2.82. The molecule has 0 atom stereocenters. The molecule has 0 unspecified atom stereocenters. The third kappa shape index (κ3) is 9.55. The summed E-state index contributed by atoms with van der Waals surface area (Å²) in [6, 6.07) is 0. The topological polar surface area (TPSA) is 58.4 Å². The Balaban J connectivity index is 2.07. The molecule has 1 aromatic heterocycles. The van der Waals surface area contributed by atoms with Gasteiger partial charge in [0.2, 0.25) is 0 Å². The van der Waals surface area contributed by atoms with E-state index in [0.717, 1.165) is 25.3 Å². The molecule has 1 rings (SSSR count). The zero-order valence-electron chi connectivity index (χ0n) is 13.7. The van der Waals surface area contributed by atoms with Crippen molar-refractivity contribution < 1.29 is 14.2 Å². The van der Waals surface area contributed by atoms with E-state index in [2.05, 4.69) is 24.2 Å². The van der Waals surface area contributed by atoms with E-state index in [1.165, 1.54) is 0 Å². The average molecular weight is 299 g/mol. The Morgan fingerprint density at radius 3 is 2.57 bits per heavy atom. The van der Waals surface area contributed by atoms with Gasteiger partial charge in [0.1, 0.15) is 5.69 Å². The van der Waals surface area contributed by atoms with Crippen molar-refractivity contribution >= 4 is 0 Å². The van der Waals surface area contributed by atoms with Gasteiger partial charge >= 0.3 is 0 Å². The van der Waals surface area contributed by atoms with Gasteiger partial charge in [-0.25, -0.2) is 4.68 Å². The van der Waals surface area contributed by atoms with E-state index < -0.39 is 0 Å². The van der Waals surface area contributed by atoms with Crippen LogP contribution in [-0.2, 0) is 27.4 Å². The summed E-state index contributed by atoms with van der Waals surface area (Å²) in [5.74, 6) is 0.680. The zero-order valence-corrected chi connectivity index (χ0v) is 13.7. The Hall–Kier alpha value is -0.980. The molecule has 6 nitrogen and oxygen atoms in total. The maximum Gasteiger partial charge on any atom is 0.108 e. The van der Waals surface area contributed by atoms with E-state index in [4.69, 9.17) is 14.2 Å². The fourth-order valence-electron chi connectivity index (χ4n) is 1.61. The van der Waals surface area contributed by atoms with Crippen molar-refractivity contribution in [3.05, 3.63) is 11.9 Å². The standard InChI is InChI=1S/C15H29N3O3/c1-13(2)5-7-19-8-6-18-11-15(16-17-18)12-20-9-10-21-14(3)4/h11,13-14H,5-10,12H2,1-4H3. The molecule has 0 saturated heterocycles. The molecule has 0 aliphatic rings. The molecule has 0 fully saturated rings. The number of nitrogens with zero attached hydrogens (tertiary/aromatic N) is 3. The van der Waals surface area contributed by atoms with Crippen molar-refractivity contribution in [1.82, 2.24) is 15.0 Å². The molecule has 1 aromatic rings. The summed E-state index contributed by atoms with van der Waals surface area (Å²) in [5.41, 5.74) is 0.835. The minimum absolute atomic E-state index is 0.241. The van der Waals surface area contributed by atoms with E-state index in [0.29, 0.717) is 32.3 Å². The molecular formula is C15H29N3O3. The number of hydrogen-bond donors (Lipinski definition) is 0. The van der Waals surface area contributed by atoms with E-state index in [1.807, 2.05) is 20.0 Å². The van der Waals surface area contributed by atoms with Gasteiger partial charge in [-0.2, -0.15) is 0 Å². The first-order valence-electron chi connectivity index (χ1n) is 7.74.